The molecule has 0 spiro atoms. The Hall–Kier alpha value is -1.85. The zero-order valence-corrected chi connectivity index (χ0v) is 21.2. The molecule has 1 aromatic heterocycles. The highest BCUT2D eigenvalue weighted by atomic mass is 28.3. The average molecular weight is 419 g/mol. The lowest BCUT2D eigenvalue weighted by Crippen LogP contribution is -2.42. The van der Waals surface area contributed by atoms with Crippen LogP contribution in [0.25, 0.3) is 11.6 Å². The minimum atomic E-state index is -1.84. The standard InChI is InChI=1S/C26H34OSi2/c1-17-15-18(2)25(19(17)3)29(7,8)26-20-11-9-13-24(28(4,5)6)21(20)16-22(26)23-12-10-14-27-23/h9-16,19,26H,1-8H3. The summed E-state index contributed by atoms with van der Waals surface area (Å²) in [6, 6.07) is 11.2. The van der Waals surface area contributed by atoms with E-state index in [0.29, 0.717) is 11.5 Å². The summed E-state index contributed by atoms with van der Waals surface area (Å²) in [5.41, 5.74) is 7.86. The molecule has 4 rings (SSSR count). The summed E-state index contributed by atoms with van der Waals surface area (Å²) in [5.74, 6) is 1.60. The third-order valence-corrected chi connectivity index (χ3v) is 13.4. The molecule has 0 fully saturated rings. The molecular formula is C26H34OSi2. The lowest BCUT2D eigenvalue weighted by molar-refractivity contribution is 0.551. The van der Waals surface area contributed by atoms with Crippen molar-refractivity contribution >= 4 is 33.0 Å². The van der Waals surface area contributed by atoms with Crippen LogP contribution >= 0.6 is 0 Å². The fourth-order valence-corrected chi connectivity index (χ4v) is 12.2. The second kappa shape index (κ2) is 6.85. The smallest absolute Gasteiger partial charge is 0.130 e. The van der Waals surface area contributed by atoms with Crippen molar-refractivity contribution in [2.24, 2.45) is 5.92 Å². The number of hydrogen-bond acceptors (Lipinski definition) is 1. The van der Waals surface area contributed by atoms with Crippen LogP contribution in [0.5, 0.6) is 0 Å². The maximum Gasteiger partial charge on any atom is 0.130 e. The van der Waals surface area contributed by atoms with Crippen molar-refractivity contribution in [2.75, 3.05) is 0 Å². The number of rotatable bonds is 4. The fraction of sp³-hybridized carbons (Fsp3) is 0.385. The van der Waals surface area contributed by atoms with Crippen LogP contribution < -0.4 is 5.19 Å². The van der Waals surface area contributed by atoms with E-state index in [4.69, 9.17) is 4.42 Å². The van der Waals surface area contributed by atoms with Crippen molar-refractivity contribution in [1.29, 1.82) is 0 Å². The second-order valence-corrected chi connectivity index (χ2v) is 20.1. The average Bonchev–Trinajstić information content (AvgIpc) is 3.32. The first kappa shape index (κ1) is 20.4. The van der Waals surface area contributed by atoms with E-state index >= 15 is 0 Å². The van der Waals surface area contributed by atoms with Gasteiger partial charge < -0.3 is 4.42 Å². The molecule has 3 heteroatoms. The normalized spacial score (nSPS) is 22.1. The van der Waals surface area contributed by atoms with Crippen LogP contribution in [0.1, 0.15) is 43.2 Å². The van der Waals surface area contributed by atoms with Crippen LogP contribution in [-0.4, -0.2) is 16.1 Å². The van der Waals surface area contributed by atoms with Gasteiger partial charge in [-0.3, -0.25) is 0 Å². The molecular weight excluding hydrogens is 384 g/mol. The van der Waals surface area contributed by atoms with Crippen molar-refractivity contribution in [1.82, 2.24) is 0 Å². The molecule has 0 saturated heterocycles. The molecule has 2 aliphatic carbocycles. The number of allylic oxidation sites excluding steroid dienone is 5. The molecule has 2 unspecified atom stereocenters. The largest absolute Gasteiger partial charge is 0.465 e. The summed E-state index contributed by atoms with van der Waals surface area (Å²) < 4.78 is 5.97. The molecule has 29 heavy (non-hydrogen) atoms. The van der Waals surface area contributed by atoms with E-state index < -0.39 is 16.1 Å². The monoisotopic (exact) mass is 418 g/mol. The van der Waals surface area contributed by atoms with Gasteiger partial charge >= 0.3 is 0 Å². The first-order valence-electron chi connectivity index (χ1n) is 10.8. The summed E-state index contributed by atoms with van der Waals surface area (Å²) in [6.45, 7) is 19.5. The van der Waals surface area contributed by atoms with E-state index in [1.54, 1.807) is 10.4 Å². The Bertz CT molecular complexity index is 1040. The summed E-state index contributed by atoms with van der Waals surface area (Å²) in [7, 11) is -3.29. The third-order valence-electron chi connectivity index (χ3n) is 7.08. The maximum absolute atomic E-state index is 5.97. The summed E-state index contributed by atoms with van der Waals surface area (Å²) in [5, 5.41) is 3.29. The lowest BCUT2D eigenvalue weighted by atomic mass is 10.1. The van der Waals surface area contributed by atoms with E-state index in [1.807, 2.05) is 12.3 Å². The zero-order valence-electron chi connectivity index (χ0n) is 19.2. The Morgan fingerprint density at radius 2 is 1.62 bits per heavy atom. The van der Waals surface area contributed by atoms with Gasteiger partial charge in [0.1, 0.15) is 5.76 Å². The van der Waals surface area contributed by atoms with E-state index in [1.165, 1.54) is 27.8 Å². The molecule has 0 radical (unpaired) electrons. The number of fused-ring (bicyclic) bond motifs is 1. The highest BCUT2D eigenvalue weighted by Gasteiger charge is 2.46. The molecule has 0 amide bonds. The molecule has 0 aliphatic heterocycles. The van der Waals surface area contributed by atoms with Gasteiger partial charge in [-0.2, -0.15) is 0 Å². The molecule has 0 saturated carbocycles. The molecule has 1 aromatic carbocycles. The summed E-state index contributed by atoms with van der Waals surface area (Å²) in [6.07, 6.45) is 6.70. The van der Waals surface area contributed by atoms with Crippen LogP contribution in [0.3, 0.4) is 0 Å². The molecule has 1 nitrogen and oxygen atoms in total. The van der Waals surface area contributed by atoms with Gasteiger partial charge in [-0.1, -0.05) is 85.5 Å². The molecule has 1 heterocycles. The Morgan fingerprint density at radius 1 is 0.897 bits per heavy atom. The van der Waals surface area contributed by atoms with Crippen molar-refractivity contribution in [2.45, 2.75) is 59.0 Å². The van der Waals surface area contributed by atoms with Crippen LogP contribution in [0.4, 0.5) is 0 Å². The van der Waals surface area contributed by atoms with Gasteiger partial charge in [0.05, 0.1) is 22.4 Å². The molecule has 2 atom stereocenters. The van der Waals surface area contributed by atoms with Gasteiger partial charge in [0.2, 0.25) is 0 Å². The Labute approximate surface area is 178 Å². The van der Waals surface area contributed by atoms with Crippen molar-refractivity contribution in [3.8, 4) is 0 Å². The van der Waals surface area contributed by atoms with E-state index in [-0.39, 0.29) is 0 Å². The lowest BCUT2D eigenvalue weighted by Gasteiger charge is -2.37. The highest BCUT2D eigenvalue weighted by molar-refractivity contribution is 6.90. The molecule has 2 aromatic rings. The summed E-state index contributed by atoms with van der Waals surface area (Å²) >= 11 is 0. The highest BCUT2D eigenvalue weighted by Crippen LogP contribution is 2.52. The first-order valence-corrected chi connectivity index (χ1v) is 17.4. The third kappa shape index (κ3) is 3.19. The van der Waals surface area contributed by atoms with Crippen LogP contribution in [0.2, 0.25) is 32.7 Å². The maximum atomic E-state index is 5.97. The van der Waals surface area contributed by atoms with Crippen LogP contribution in [0.15, 0.2) is 63.4 Å². The fourth-order valence-electron chi connectivity index (χ4n) is 5.83. The number of hydrogen-bond donors (Lipinski definition) is 0. The SMILES string of the molecule is CC1=CC(C)=C([Si](C)(C)C2C(c3ccco3)=Cc3c2cccc3[Si](C)(C)C)C1C. The van der Waals surface area contributed by atoms with E-state index in [0.717, 1.165) is 5.76 Å². The van der Waals surface area contributed by atoms with Gasteiger partial charge in [-0.05, 0) is 49.1 Å². The van der Waals surface area contributed by atoms with E-state index in [2.05, 4.69) is 89.9 Å². The van der Waals surface area contributed by atoms with E-state index in [9.17, 15) is 0 Å². The summed E-state index contributed by atoms with van der Waals surface area (Å²) in [4.78, 5) is 0. The Balaban J connectivity index is 1.94. The minimum Gasteiger partial charge on any atom is -0.465 e. The quantitative estimate of drug-likeness (QED) is 0.480. The Morgan fingerprint density at radius 3 is 2.17 bits per heavy atom. The second-order valence-electron chi connectivity index (χ2n) is 10.5. The van der Waals surface area contributed by atoms with Gasteiger partial charge in [-0.15, -0.1) is 0 Å². The number of furan rings is 1. The topological polar surface area (TPSA) is 13.1 Å². The molecule has 2 aliphatic rings. The van der Waals surface area contributed by atoms with Gasteiger partial charge in [0, 0.05) is 11.1 Å². The predicted octanol–water partition coefficient (Wildman–Crippen LogP) is 7.16. The predicted molar refractivity (Wildman–Crippen MR) is 132 cm³/mol. The van der Waals surface area contributed by atoms with Gasteiger partial charge in [0.15, 0.2) is 0 Å². The van der Waals surface area contributed by atoms with Gasteiger partial charge in [-0.25, -0.2) is 0 Å². The molecule has 152 valence electrons. The number of benzene rings is 1. The Kier molecular flexibility index (Phi) is 4.82. The van der Waals surface area contributed by atoms with Crippen LogP contribution in [0, 0.1) is 5.92 Å². The van der Waals surface area contributed by atoms with Gasteiger partial charge in [0.25, 0.3) is 0 Å². The minimum absolute atomic E-state index is 0.437. The molecule has 0 bridgehead atoms. The zero-order chi connectivity index (χ0) is 21.1. The molecule has 0 N–H and O–H groups in total. The van der Waals surface area contributed by atoms with Crippen molar-refractivity contribution in [3.05, 3.63) is 75.9 Å². The van der Waals surface area contributed by atoms with Crippen molar-refractivity contribution < 1.29 is 4.42 Å². The first-order chi connectivity index (χ1) is 13.5. The van der Waals surface area contributed by atoms with Crippen LogP contribution in [-0.2, 0) is 0 Å². The van der Waals surface area contributed by atoms with Crippen molar-refractivity contribution in [3.63, 3.8) is 0 Å².